The van der Waals surface area contributed by atoms with E-state index in [9.17, 15) is 0 Å². The molecule has 54 heavy (non-hydrogen) atoms. The molecular formula is C51H36NOP. The zero-order chi connectivity index (χ0) is 36.2. The molecule has 1 aliphatic carbocycles. The lowest BCUT2D eigenvalue weighted by molar-refractivity contribution is 0.593. The number of hydrogen-bond donors (Lipinski definition) is 0. The molecule has 0 saturated carbocycles. The number of para-hydroxylation sites is 1. The minimum atomic E-state index is -3.08. The van der Waals surface area contributed by atoms with Crippen molar-refractivity contribution in [3.63, 3.8) is 0 Å². The molecule has 2 aliphatic rings. The second-order valence-electron chi connectivity index (χ2n) is 15.2. The molecule has 0 fully saturated rings. The van der Waals surface area contributed by atoms with Crippen LogP contribution in [0.1, 0.15) is 25.0 Å². The number of fused-ring (bicyclic) bond motifs is 10. The van der Waals surface area contributed by atoms with Gasteiger partial charge in [0, 0.05) is 43.4 Å². The summed E-state index contributed by atoms with van der Waals surface area (Å²) in [5.41, 5.74) is 15.6. The van der Waals surface area contributed by atoms with E-state index in [4.69, 9.17) is 0 Å². The van der Waals surface area contributed by atoms with E-state index in [0.717, 1.165) is 43.8 Å². The van der Waals surface area contributed by atoms with Crippen molar-refractivity contribution in [3.8, 4) is 50.2 Å². The van der Waals surface area contributed by atoms with Gasteiger partial charge in [-0.1, -0.05) is 159 Å². The average molecular weight is 710 g/mol. The van der Waals surface area contributed by atoms with E-state index in [2.05, 4.69) is 164 Å². The lowest BCUT2D eigenvalue weighted by Crippen LogP contribution is -2.20. The lowest BCUT2D eigenvalue weighted by atomic mass is 9.81. The van der Waals surface area contributed by atoms with Crippen LogP contribution < -0.4 is 15.9 Å². The Morgan fingerprint density at radius 2 is 1.04 bits per heavy atom. The Hall–Kier alpha value is -6.21. The number of hydrogen-bond acceptors (Lipinski definition) is 1. The van der Waals surface area contributed by atoms with Crippen molar-refractivity contribution in [2.45, 2.75) is 19.3 Å². The summed E-state index contributed by atoms with van der Waals surface area (Å²) in [6.07, 6.45) is 0. The molecule has 0 spiro atoms. The summed E-state index contributed by atoms with van der Waals surface area (Å²) >= 11 is 0. The van der Waals surface area contributed by atoms with Gasteiger partial charge in [-0.15, -0.1) is 0 Å². The molecule has 0 N–H and O–H groups in total. The Balaban J connectivity index is 1.05. The third kappa shape index (κ3) is 4.26. The smallest absolute Gasteiger partial charge is 0.172 e. The molecule has 3 heteroatoms. The van der Waals surface area contributed by atoms with Gasteiger partial charge in [-0.3, -0.25) is 0 Å². The monoisotopic (exact) mass is 709 g/mol. The van der Waals surface area contributed by atoms with Gasteiger partial charge in [0.1, 0.15) is 0 Å². The van der Waals surface area contributed by atoms with Crippen molar-refractivity contribution in [1.82, 2.24) is 4.57 Å². The first kappa shape index (κ1) is 31.3. The first-order valence-corrected chi connectivity index (χ1v) is 20.4. The number of rotatable bonds is 4. The van der Waals surface area contributed by atoms with Crippen LogP contribution in [0.5, 0.6) is 0 Å². The largest absolute Gasteiger partial charge is 0.309 e. The van der Waals surface area contributed by atoms with E-state index in [1.54, 1.807) is 0 Å². The van der Waals surface area contributed by atoms with E-state index >= 15 is 4.57 Å². The van der Waals surface area contributed by atoms with E-state index < -0.39 is 7.14 Å². The highest BCUT2D eigenvalue weighted by Crippen LogP contribution is 2.55. The SMILES string of the molecule is CC1(C)c2cc(-c3ccccc3)ccc2-c2ccc(-c3ccc(-n4c5ccccc5c5ccc6c(c54)-c4ccccc4P6(=O)c4ccccc4)cc3)cc21. The van der Waals surface area contributed by atoms with Gasteiger partial charge in [0.2, 0.25) is 0 Å². The molecular weight excluding hydrogens is 674 g/mol. The molecule has 9 aromatic rings. The predicted molar refractivity (Wildman–Crippen MR) is 228 cm³/mol. The summed E-state index contributed by atoms with van der Waals surface area (Å²) in [5.74, 6) is 0. The Kier molecular flexibility index (Phi) is 6.61. The van der Waals surface area contributed by atoms with Crippen LogP contribution in [0.25, 0.3) is 72.0 Å². The van der Waals surface area contributed by atoms with Gasteiger partial charge >= 0.3 is 0 Å². The fourth-order valence-corrected chi connectivity index (χ4v) is 12.4. The third-order valence-electron chi connectivity index (χ3n) is 12.0. The van der Waals surface area contributed by atoms with Crippen molar-refractivity contribution in [2.24, 2.45) is 0 Å². The van der Waals surface area contributed by atoms with Gasteiger partial charge < -0.3 is 9.13 Å². The zero-order valence-electron chi connectivity index (χ0n) is 30.1. The molecule has 1 aromatic heterocycles. The molecule has 1 aliphatic heterocycles. The van der Waals surface area contributed by atoms with Crippen molar-refractivity contribution in [1.29, 1.82) is 0 Å². The third-order valence-corrected chi connectivity index (χ3v) is 15.2. The summed E-state index contributed by atoms with van der Waals surface area (Å²) in [7, 11) is -3.08. The summed E-state index contributed by atoms with van der Waals surface area (Å²) in [5, 5.41) is 5.07. The maximum Gasteiger partial charge on any atom is 0.172 e. The van der Waals surface area contributed by atoms with E-state index in [-0.39, 0.29) is 5.41 Å². The topological polar surface area (TPSA) is 22.0 Å². The first-order valence-electron chi connectivity index (χ1n) is 18.7. The van der Waals surface area contributed by atoms with Gasteiger partial charge in [0.05, 0.1) is 11.0 Å². The second-order valence-corrected chi connectivity index (χ2v) is 17.9. The number of aromatic nitrogens is 1. The van der Waals surface area contributed by atoms with Gasteiger partial charge in [-0.2, -0.15) is 0 Å². The molecule has 256 valence electrons. The van der Waals surface area contributed by atoms with Gasteiger partial charge in [-0.05, 0) is 86.5 Å². The normalized spacial score (nSPS) is 16.3. The fourth-order valence-electron chi connectivity index (χ4n) is 9.38. The molecule has 0 amide bonds. The summed E-state index contributed by atoms with van der Waals surface area (Å²) in [6.45, 7) is 4.71. The van der Waals surface area contributed by atoms with Crippen LogP contribution in [0.15, 0.2) is 182 Å². The van der Waals surface area contributed by atoms with Crippen LogP contribution in [0, 0.1) is 0 Å². The van der Waals surface area contributed by atoms with Gasteiger partial charge in [0.25, 0.3) is 0 Å². The van der Waals surface area contributed by atoms with E-state index in [0.29, 0.717) is 0 Å². The maximum atomic E-state index is 15.4. The van der Waals surface area contributed by atoms with Crippen LogP contribution in [0.4, 0.5) is 0 Å². The standard InChI is InChI=1S/C51H36NOP/c1-51(2)44-31-35(33-13-5-3-6-14-33)23-27-39(44)40-28-24-36(32-45(40)51)34-21-25-37(26-22-34)52-46-19-11-9-17-41(46)42-29-30-48-49(50(42)52)43-18-10-12-20-47(43)54(48,53)38-15-7-4-8-16-38/h3-32H,1-2H3. The Labute approximate surface area is 315 Å². The lowest BCUT2D eigenvalue weighted by Gasteiger charge is -2.22. The zero-order valence-corrected chi connectivity index (χ0v) is 31.0. The number of nitrogens with zero attached hydrogens (tertiary/aromatic N) is 1. The molecule has 0 bridgehead atoms. The minimum Gasteiger partial charge on any atom is -0.309 e. The van der Waals surface area contributed by atoms with Crippen molar-refractivity contribution in [3.05, 3.63) is 193 Å². The molecule has 0 saturated heterocycles. The maximum absolute atomic E-state index is 15.4. The average Bonchev–Trinajstić information content (AvgIpc) is 3.79. The van der Waals surface area contributed by atoms with Crippen LogP contribution >= 0.6 is 7.14 Å². The Bertz CT molecular complexity index is 3030. The van der Waals surface area contributed by atoms with E-state index in [1.807, 2.05) is 36.4 Å². The molecule has 8 aromatic carbocycles. The molecule has 1 atom stereocenters. The highest BCUT2D eigenvalue weighted by Gasteiger charge is 2.42. The Morgan fingerprint density at radius 1 is 0.463 bits per heavy atom. The summed E-state index contributed by atoms with van der Waals surface area (Å²) < 4.78 is 17.8. The highest BCUT2D eigenvalue weighted by atomic mass is 31.2. The van der Waals surface area contributed by atoms with Gasteiger partial charge in [0.15, 0.2) is 7.14 Å². The van der Waals surface area contributed by atoms with Gasteiger partial charge in [-0.25, -0.2) is 0 Å². The van der Waals surface area contributed by atoms with Crippen LogP contribution in [-0.2, 0) is 9.98 Å². The second kappa shape index (κ2) is 11.4. The molecule has 11 rings (SSSR count). The summed E-state index contributed by atoms with van der Waals surface area (Å²) in [6, 6.07) is 64.9. The first-order chi connectivity index (χ1) is 26.4. The van der Waals surface area contributed by atoms with Crippen LogP contribution in [-0.4, -0.2) is 4.57 Å². The molecule has 0 radical (unpaired) electrons. The van der Waals surface area contributed by atoms with Crippen molar-refractivity contribution >= 4 is 44.9 Å². The van der Waals surface area contributed by atoms with Crippen molar-refractivity contribution in [2.75, 3.05) is 0 Å². The summed E-state index contributed by atoms with van der Waals surface area (Å²) in [4.78, 5) is 0. The molecule has 1 unspecified atom stereocenters. The minimum absolute atomic E-state index is 0.121. The highest BCUT2D eigenvalue weighted by molar-refractivity contribution is 7.86. The van der Waals surface area contributed by atoms with Crippen molar-refractivity contribution < 1.29 is 4.57 Å². The fraction of sp³-hybridized carbons (Fsp3) is 0.0588. The quantitative estimate of drug-likeness (QED) is 0.167. The van der Waals surface area contributed by atoms with Crippen LogP contribution in [0.2, 0.25) is 0 Å². The Morgan fingerprint density at radius 3 is 1.74 bits per heavy atom. The van der Waals surface area contributed by atoms with E-state index in [1.165, 1.54) is 55.3 Å². The van der Waals surface area contributed by atoms with Crippen LogP contribution in [0.3, 0.4) is 0 Å². The molecule has 2 nitrogen and oxygen atoms in total. The molecule has 2 heterocycles. The predicted octanol–water partition coefficient (Wildman–Crippen LogP) is 12.0. The number of benzene rings is 8.